The first-order chi connectivity index (χ1) is 8.81. The lowest BCUT2D eigenvalue weighted by Gasteiger charge is -2.02. The fourth-order valence-electron chi connectivity index (χ4n) is 1.97. The van der Waals surface area contributed by atoms with Crippen LogP contribution in [0.3, 0.4) is 0 Å². The Morgan fingerprint density at radius 3 is 2.83 bits per heavy atom. The van der Waals surface area contributed by atoms with Gasteiger partial charge in [0.2, 0.25) is 0 Å². The van der Waals surface area contributed by atoms with Crippen LogP contribution in [0, 0.1) is 6.92 Å². The van der Waals surface area contributed by atoms with E-state index < -0.39 is 0 Å². The van der Waals surface area contributed by atoms with Crippen molar-refractivity contribution in [3.8, 4) is 0 Å². The fraction of sp³-hybridized carbons (Fsp3) is 0.200. The Hall–Kier alpha value is -1.74. The number of hydrogen-bond donors (Lipinski definition) is 0. The molecule has 0 saturated carbocycles. The summed E-state index contributed by atoms with van der Waals surface area (Å²) in [6.07, 6.45) is 3.95. The lowest BCUT2D eigenvalue weighted by atomic mass is 10.1. The molecule has 2 aromatic heterocycles. The first-order valence-corrected chi connectivity index (χ1v) is 6.93. The lowest BCUT2D eigenvalue weighted by Crippen LogP contribution is -1.94. The van der Waals surface area contributed by atoms with Crippen LogP contribution < -0.4 is 0 Å². The Morgan fingerprint density at radius 2 is 2.00 bits per heavy atom. The molecular formula is C15H14N2S. The fourth-order valence-corrected chi connectivity index (χ4v) is 2.71. The molecule has 3 rings (SSSR count). The van der Waals surface area contributed by atoms with Crippen molar-refractivity contribution in [2.75, 3.05) is 0 Å². The van der Waals surface area contributed by atoms with E-state index >= 15 is 0 Å². The second kappa shape index (κ2) is 4.86. The summed E-state index contributed by atoms with van der Waals surface area (Å²) in [5.41, 5.74) is 6.72. The molecule has 0 amide bonds. The number of benzene rings is 1. The minimum atomic E-state index is 0.991. The number of pyridine rings is 1. The van der Waals surface area contributed by atoms with Gasteiger partial charge in [-0.15, -0.1) is 11.3 Å². The van der Waals surface area contributed by atoms with Crippen LogP contribution in [0.25, 0.3) is 10.2 Å². The molecule has 0 aliphatic heterocycles. The predicted molar refractivity (Wildman–Crippen MR) is 76.0 cm³/mol. The highest BCUT2D eigenvalue weighted by molar-refractivity contribution is 7.16. The first-order valence-electron chi connectivity index (χ1n) is 6.05. The van der Waals surface area contributed by atoms with Gasteiger partial charge in [-0.1, -0.05) is 12.1 Å². The van der Waals surface area contributed by atoms with Crippen molar-refractivity contribution in [3.63, 3.8) is 0 Å². The molecule has 3 heteroatoms. The molecule has 0 unspecified atom stereocenters. The zero-order chi connectivity index (χ0) is 12.4. The molecule has 0 saturated heterocycles. The van der Waals surface area contributed by atoms with E-state index in [1.165, 1.54) is 15.8 Å². The van der Waals surface area contributed by atoms with Gasteiger partial charge in [0.15, 0.2) is 0 Å². The molecular weight excluding hydrogens is 240 g/mol. The highest BCUT2D eigenvalue weighted by Crippen LogP contribution is 2.19. The van der Waals surface area contributed by atoms with Gasteiger partial charge in [-0.25, -0.2) is 4.98 Å². The third kappa shape index (κ3) is 2.41. The van der Waals surface area contributed by atoms with Gasteiger partial charge in [-0.3, -0.25) is 4.98 Å². The van der Waals surface area contributed by atoms with Gasteiger partial charge in [-0.05, 0) is 49.1 Å². The van der Waals surface area contributed by atoms with Crippen LogP contribution in [-0.2, 0) is 12.8 Å². The predicted octanol–water partition coefficient (Wildman–Crippen LogP) is 3.78. The summed E-state index contributed by atoms with van der Waals surface area (Å²) < 4.78 is 1.27. The van der Waals surface area contributed by atoms with E-state index in [1.807, 2.05) is 11.7 Å². The number of nitrogens with zero attached hydrogens (tertiary/aromatic N) is 2. The Labute approximate surface area is 110 Å². The maximum Gasteiger partial charge on any atom is 0.0812 e. The summed E-state index contributed by atoms with van der Waals surface area (Å²) in [6.45, 7) is 2.06. The van der Waals surface area contributed by atoms with E-state index in [4.69, 9.17) is 0 Å². The molecule has 1 aromatic carbocycles. The minimum absolute atomic E-state index is 0.991. The summed E-state index contributed by atoms with van der Waals surface area (Å²) in [7, 11) is 0. The summed E-state index contributed by atoms with van der Waals surface area (Å²) >= 11 is 1.70. The molecule has 3 aromatic rings. The molecule has 0 fully saturated rings. The van der Waals surface area contributed by atoms with Crippen molar-refractivity contribution in [3.05, 3.63) is 58.9 Å². The quantitative estimate of drug-likeness (QED) is 0.710. The highest BCUT2D eigenvalue weighted by Gasteiger charge is 2.00. The smallest absolute Gasteiger partial charge is 0.0812 e. The van der Waals surface area contributed by atoms with Gasteiger partial charge >= 0.3 is 0 Å². The van der Waals surface area contributed by atoms with Gasteiger partial charge < -0.3 is 0 Å². The average molecular weight is 254 g/mol. The SMILES string of the molecule is Cc1ccc(CCc2ccc3ncsc3c2)nc1. The molecule has 0 spiro atoms. The standard InChI is InChI=1S/C15H14N2S/c1-11-2-5-13(16-9-11)6-3-12-4-7-14-15(8-12)18-10-17-14/h2,4-5,7-10H,3,6H2,1H3. The summed E-state index contributed by atoms with van der Waals surface area (Å²) in [4.78, 5) is 8.73. The van der Waals surface area contributed by atoms with Gasteiger partial charge in [0.25, 0.3) is 0 Å². The van der Waals surface area contributed by atoms with Gasteiger partial charge in [0.1, 0.15) is 0 Å². The monoisotopic (exact) mass is 254 g/mol. The van der Waals surface area contributed by atoms with Crippen LogP contribution in [0.2, 0.25) is 0 Å². The highest BCUT2D eigenvalue weighted by atomic mass is 32.1. The molecule has 0 aliphatic rings. The second-order valence-corrected chi connectivity index (χ2v) is 5.37. The number of aromatic nitrogens is 2. The Bertz CT molecular complexity index is 656. The van der Waals surface area contributed by atoms with Crippen molar-refractivity contribution in [1.29, 1.82) is 0 Å². The number of hydrogen-bond acceptors (Lipinski definition) is 3. The normalized spacial score (nSPS) is 10.9. The van der Waals surface area contributed by atoms with Crippen LogP contribution in [-0.4, -0.2) is 9.97 Å². The topological polar surface area (TPSA) is 25.8 Å². The maximum absolute atomic E-state index is 4.44. The average Bonchev–Trinajstić information content (AvgIpc) is 2.85. The largest absolute Gasteiger partial charge is 0.261 e. The summed E-state index contributed by atoms with van der Waals surface area (Å²) in [6, 6.07) is 10.7. The first kappa shape index (κ1) is 11.4. The van der Waals surface area contributed by atoms with Crippen LogP contribution in [0.15, 0.2) is 42.0 Å². The van der Waals surface area contributed by atoms with E-state index in [-0.39, 0.29) is 0 Å². The third-order valence-electron chi connectivity index (χ3n) is 3.04. The minimum Gasteiger partial charge on any atom is -0.261 e. The number of thiazole rings is 1. The van der Waals surface area contributed by atoms with E-state index in [9.17, 15) is 0 Å². The second-order valence-electron chi connectivity index (χ2n) is 4.48. The molecule has 2 heterocycles. The number of aryl methyl sites for hydroxylation is 3. The molecule has 0 N–H and O–H groups in total. The number of rotatable bonds is 3. The van der Waals surface area contributed by atoms with Crippen LogP contribution in [0.5, 0.6) is 0 Å². The maximum atomic E-state index is 4.44. The van der Waals surface area contributed by atoms with Gasteiger partial charge in [0, 0.05) is 11.9 Å². The van der Waals surface area contributed by atoms with Gasteiger partial charge in [-0.2, -0.15) is 0 Å². The van der Waals surface area contributed by atoms with E-state index in [1.54, 1.807) is 11.3 Å². The lowest BCUT2D eigenvalue weighted by molar-refractivity contribution is 0.912. The molecule has 0 atom stereocenters. The van der Waals surface area contributed by atoms with E-state index in [0.717, 1.165) is 24.1 Å². The Morgan fingerprint density at radius 1 is 1.06 bits per heavy atom. The molecule has 0 aliphatic carbocycles. The van der Waals surface area contributed by atoms with Crippen molar-refractivity contribution in [2.45, 2.75) is 19.8 Å². The zero-order valence-electron chi connectivity index (χ0n) is 10.3. The van der Waals surface area contributed by atoms with Crippen molar-refractivity contribution in [2.24, 2.45) is 0 Å². The zero-order valence-corrected chi connectivity index (χ0v) is 11.1. The molecule has 90 valence electrons. The molecule has 0 bridgehead atoms. The summed E-state index contributed by atoms with van der Waals surface area (Å²) in [5.74, 6) is 0. The van der Waals surface area contributed by atoms with Gasteiger partial charge in [0.05, 0.1) is 15.7 Å². The Balaban J connectivity index is 1.74. The molecule has 18 heavy (non-hydrogen) atoms. The molecule has 2 nitrogen and oxygen atoms in total. The summed E-state index contributed by atoms with van der Waals surface area (Å²) in [5, 5.41) is 0. The van der Waals surface area contributed by atoms with Crippen LogP contribution in [0.1, 0.15) is 16.8 Å². The van der Waals surface area contributed by atoms with Crippen molar-refractivity contribution >= 4 is 21.6 Å². The Kier molecular flexibility index (Phi) is 3.07. The number of fused-ring (bicyclic) bond motifs is 1. The van der Waals surface area contributed by atoms with Crippen molar-refractivity contribution < 1.29 is 0 Å². The van der Waals surface area contributed by atoms with Crippen molar-refractivity contribution in [1.82, 2.24) is 9.97 Å². The van der Waals surface area contributed by atoms with E-state index in [0.29, 0.717) is 0 Å². The van der Waals surface area contributed by atoms with E-state index in [2.05, 4.69) is 47.2 Å². The third-order valence-corrected chi connectivity index (χ3v) is 3.83. The van der Waals surface area contributed by atoms with Crippen LogP contribution >= 0.6 is 11.3 Å². The van der Waals surface area contributed by atoms with Crippen LogP contribution in [0.4, 0.5) is 0 Å². The molecule has 0 radical (unpaired) electrons.